The maximum atomic E-state index is 13.1. The summed E-state index contributed by atoms with van der Waals surface area (Å²) in [5.41, 5.74) is 1.35. The fourth-order valence-electron chi connectivity index (χ4n) is 3.18. The van der Waals surface area contributed by atoms with Crippen LogP contribution in [0.3, 0.4) is 0 Å². The Balaban J connectivity index is 2.09. The summed E-state index contributed by atoms with van der Waals surface area (Å²) in [7, 11) is 1.46. The number of carbonyl (C=O) groups excluding carboxylic acids is 1. The Morgan fingerprint density at radius 3 is 2.48 bits per heavy atom. The molecule has 2 aromatic carbocycles. The molecular formula is C23H25NO5. The molecule has 0 amide bonds. The third kappa shape index (κ3) is 4.59. The van der Waals surface area contributed by atoms with Gasteiger partial charge in [0.05, 0.1) is 12.6 Å². The maximum Gasteiger partial charge on any atom is 0.308 e. The Kier molecular flexibility index (Phi) is 6.54. The first-order chi connectivity index (χ1) is 14.0. The summed E-state index contributed by atoms with van der Waals surface area (Å²) in [4.78, 5) is 24.6. The summed E-state index contributed by atoms with van der Waals surface area (Å²) in [5.74, 6) is 0.252. The highest BCUT2D eigenvalue weighted by Gasteiger charge is 2.21. The largest absolute Gasteiger partial charge is 0.492 e. The first-order valence-corrected chi connectivity index (χ1v) is 9.64. The molecule has 3 rings (SSSR count). The molecule has 152 valence electrons. The third-order valence-corrected chi connectivity index (χ3v) is 4.58. The first-order valence-electron chi connectivity index (χ1n) is 9.64. The van der Waals surface area contributed by atoms with Crippen molar-refractivity contribution in [2.45, 2.75) is 39.8 Å². The van der Waals surface area contributed by atoms with Gasteiger partial charge in [-0.1, -0.05) is 43.7 Å². The van der Waals surface area contributed by atoms with Crippen LogP contribution in [0, 0.1) is 0 Å². The average Bonchev–Trinajstić information content (AvgIpc) is 2.73. The van der Waals surface area contributed by atoms with E-state index in [1.807, 2.05) is 48.5 Å². The number of hydrogen-bond donors (Lipinski definition) is 0. The molecule has 0 unspecified atom stereocenters. The summed E-state index contributed by atoms with van der Waals surface area (Å²) in [6.45, 7) is 4.25. The molecule has 0 saturated heterocycles. The number of benzene rings is 2. The van der Waals surface area contributed by atoms with Crippen LogP contribution in [0.1, 0.15) is 32.3 Å². The molecule has 0 spiro atoms. The molecule has 0 bridgehead atoms. The number of methoxy groups -OCH3 is 1. The van der Waals surface area contributed by atoms with Gasteiger partial charge in [-0.2, -0.15) is 0 Å². The molecular weight excluding hydrogens is 370 g/mol. The molecule has 6 nitrogen and oxygen atoms in total. The van der Waals surface area contributed by atoms with Crippen molar-refractivity contribution in [2.75, 3.05) is 7.11 Å². The molecule has 0 aliphatic heterocycles. The zero-order valence-electron chi connectivity index (χ0n) is 16.9. The van der Waals surface area contributed by atoms with Crippen molar-refractivity contribution in [2.24, 2.45) is 0 Å². The van der Waals surface area contributed by atoms with Crippen LogP contribution in [0.5, 0.6) is 17.2 Å². The number of fused-ring (bicyclic) bond motifs is 1. The van der Waals surface area contributed by atoms with Gasteiger partial charge in [-0.3, -0.25) is 9.59 Å². The molecule has 0 N–H and O–H groups in total. The van der Waals surface area contributed by atoms with Crippen LogP contribution < -0.4 is 19.8 Å². The lowest BCUT2D eigenvalue weighted by Gasteiger charge is -2.17. The third-order valence-electron chi connectivity index (χ3n) is 4.58. The quantitative estimate of drug-likeness (QED) is 0.532. The maximum absolute atomic E-state index is 13.1. The van der Waals surface area contributed by atoms with Crippen molar-refractivity contribution in [3.63, 3.8) is 0 Å². The summed E-state index contributed by atoms with van der Waals surface area (Å²) >= 11 is 0. The van der Waals surface area contributed by atoms with Crippen LogP contribution in [-0.2, 0) is 17.9 Å². The molecule has 0 saturated carbocycles. The zero-order chi connectivity index (χ0) is 20.8. The zero-order valence-corrected chi connectivity index (χ0v) is 16.9. The molecule has 1 aromatic heterocycles. The highest BCUT2D eigenvalue weighted by Crippen LogP contribution is 2.34. The van der Waals surface area contributed by atoms with Crippen LogP contribution in [-0.4, -0.2) is 17.6 Å². The Bertz CT molecular complexity index is 1060. The van der Waals surface area contributed by atoms with Crippen molar-refractivity contribution in [1.29, 1.82) is 0 Å². The number of pyridine rings is 1. The molecule has 3 aromatic rings. The van der Waals surface area contributed by atoms with Crippen molar-refractivity contribution < 1.29 is 19.0 Å². The van der Waals surface area contributed by atoms with Crippen molar-refractivity contribution >= 4 is 16.9 Å². The molecule has 29 heavy (non-hydrogen) atoms. The summed E-state index contributed by atoms with van der Waals surface area (Å²) in [6.07, 6.45) is 1.74. The second kappa shape index (κ2) is 9.28. The van der Waals surface area contributed by atoms with E-state index in [4.69, 9.17) is 14.2 Å². The number of aryl methyl sites for hydroxylation is 1. The number of unbranched alkanes of at least 4 members (excludes halogenated alkanes) is 1. The van der Waals surface area contributed by atoms with Gasteiger partial charge in [0.2, 0.25) is 5.75 Å². The molecule has 0 fully saturated rings. The lowest BCUT2D eigenvalue weighted by molar-refractivity contribution is -0.132. The van der Waals surface area contributed by atoms with Gasteiger partial charge < -0.3 is 18.8 Å². The van der Waals surface area contributed by atoms with E-state index in [0.29, 0.717) is 29.8 Å². The van der Waals surface area contributed by atoms with Crippen LogP contribution in [0.15, 0.2) is 53.3 Å². The van der Waals surface area contributed by atoms with E-state index in [1.54, 1.807) is 4.57 Å². The van der Waals surface area contributed by atoms with E-state index < -0.39 is 11.5 Å². The van der Waals surface area contributed by atoms with Gasteiger partial charge in [-0.25, -0.2) is 0 Å². The summed E-state index contributed by atoms with van der Waals surface area (Å²) in [6, 6.07) is 15.3. The number of rotatable bonds is 8. The van der Waals surface area contributed by atoms with Gasteiger partial charge in [0.15, 0.2) is 5.75 Å². The van der Waals surface area contributed by atoms with Crippen molar-refractivity contribution in [3.8, 4) is 17.2 Å². The lowest BCUT2D eigenvalue weighted by atomic mass is 10.1. The van der Waals surface area contributed by atoms with Crippen LogP contribution in [0.25, 0.3) is 10.9 Å². The van der Waals surface area contributed by atoms with E-state index >= 15 is 0 Å². The predicted octanol–water partition coefficient (Wildman–Crippen LogP) is 4.31. The van der Waals surface area contributed by atoms with Crippen LogP contribution in [0.4, 0.5) is 0 Å². The Labute approximate surface area is 169 Å². The fraction of sp³-hybridized carbons (Fsp3) is 0.304. The van der Waals surface area contributed by atoms with E-state index in [2.05, 4.69) is 6.92 Å². The fourth-order valence-corrected chi connectivity index (χ4v) is 3.18. The molecule has 0 aliphatic rings. The SMILES string of the molecule is CCCCn1c(=O)c(OC(C)=O)c(OC)c2ccc(OCc3ccccc3)cc21. The summed E-state index contributed by atoms with van der Waals surface area (Å²) in [5, 5.41) is 0.687. The van der Waals surface area contributed by atoms with Gasteiger partial charge in [-0.05, 0) is 24.1 Å². The van der Waals surface area contributed by atoms with E-state index in [1.165, 1.54) is 14.0 Å². The second-order valence-corrected chi connectivity index (χ2v) is 6.72. The van der Waals surface area contributed by atoms with Crippen LogP contribution in [0.2, 0.25) is 0 Å². The van der Waals surface area contributed by atoms with Crippen LogP contribution >= 0.6 is 0 Å². The van der Waals surface area contributed by atoms with Crippen molar-refractivity contribution in [1.82, 2.24) is 4.57 Å². The highest BCUT2D eigenvalue weighted by atomic mass is 16.6. The van der Waals surface area contributed by atoms with Gasteiger partial charge in [0, 0.05) is 24.9 Å². The number of hydrogen-bond acceptors (Lipinski definition) is 5. The van der Waals surface area contributed by atoms with E-state index in [9.17, 15) is 9.59 Å². The monoisotopic (exact) mass is 395 g/mol. The highest BCUT2D eigenvalue weighted by molar-refractivity contribution is 5.90. The minimum Gasteiger partial charge on any atom is -0.492 e. The Morgan fingerprint density at radius 1 is 1.07 bits per heavy atom. The standard InChI is InChI=1S/C23H25NO5/c1-4-5-13-24-20-14-18(28-15-17-9-7-6-8-10-17)11-12-19(20)21(27-3)22(23(24)26)29-16(2)25/h6-12,14H,4-5,13,15H2,1-3H3. The Hall–Kier alpha value is -3.28. The molecule has 1 heterocycles. The molecule has 0 radical (unpaired) electrons. The summed E-state index contributed by atoms with van der Waals surface area (Å²) < 4.78 is 18.2. The first kappa shape index (κ1) is 20.5. The lowest BCUT2D eigenvalue weighted by Crippen LogP contribution is -2.24. The predicted molar refractivity (Wildman–Crippen MR) is 112 cm³/mol. The normalized spacial score (nSPS) is 10.7. The number of aromatic nitrogens is 1. The van der Waals surface area contributed by atoms with E-state index in [-0.39, 0.29) is 11.5 Å². The molecule has 0 atom stereocenters. The van der Waals surface area contributed by atoms with Gasteiger partial charge in [0.25, 0.3) is 5.56 Å². The number of carbonyl (C=O) groups is 1. The topological polar surface area (TPSA) is 66.8 Å². The van der Waals surface area contributed by atoms with Gasteiger partial charge in [-0.15, -0.1) is 0 Å². The number of esters is 1. The number of nitrogens with zero attached hydrogens (tertiary/aromatic N) is 1. The number of ether oxygens (including phenoxy) is 3. The van der Waals surface area contributed by atoms with Gasteiger partial charge in [0.1, 0.15) is 12.4 Å². The molecule has 6 heteroatoms. The Morgan fingerprint density at radius 2 is 1.83 bits per heavy atom. The minimum absolute atomic E-state index is 0.0819. The smallest absolute Gasteiger partial charge is 0.308 e. The van der Waals surface area contributed by atoms with Gasteiger partial charge >= 0.3 is 5.97 Å². The average molecular weight is 395 g/mol. The second-order valence-electron chi connectivity index (χ2n) is 6.72. The van der Waals surface area contributed by atoms with Crippen molar-refractivity contribution in [3.05, 3.63) is 64.4 Å². The van der Waals surface area contributed by atoms with E-state index in [0.717, 1.165) is 18.4 Å². The minimum atomic E-state index is -0.565. The molecule has 0 aliphatic carbocycles.